The predicted octanol–water partition coefficient (Wildman–Crippen LogP) is 3.64. The normalized spacial score (nSPS) is 14.6. The first-order chi connectivity index (χ1) is 15.4. The molecule has 7 nitrogen and oxygen atoms in total. The van der Waals surface area contributed by atoms with E-state index in [2.05, 4.69) is 50.6 Å². The van der Waals surface area contributed by atoms with Crippen LogP contribution >= 0.6 is 0 Å². The van der Waals surface area contributed by atoms with Crippen LogP contribution in [0.2, 0.25) is 0 Å². The Kier molecular flexibility index (Phi) is 6.46. The van der Waals surface area contributed by atoms with E-state index in [4.69, 9.17) is 4.74 Å². The minimum Gasteiger partial charge on any atom is -0.496 e. The highest BCUT2D eigenvalue weighted by molar-refractivity contribution is 5.95. The number of anilines is 1. The van der Waals surface area contributed by atoms with Crippen molar-refractivity contribution in [3.8, 4) is 28.3 Å². The number of likely N-dealkylation sites (N-methyl/N-ethyl adjacent to an activating group) is 1. The van der Waals surface area contributed by atoms with Crippen LogP contribution < -0.4 is 15.0 Å². The molecule has 168 valence electrons. The Bertz CT molecular complexity index is 1080. The van der Waals surface area contributed by atoms with Gasteiger partial charge in [-0.3, -0.25) is 9.89 Å². The Morgan fingerprint density at radius 1 is 1.09 bits per heavy atom. The molecule has 1 fully saturated rings. The number of benzene rings is 2. The molecule has 4 rings (SSSR count). The third kappa shape index (κ3) is 4.78. The van der Waals surface area contributed by atoms with E-state index in [-0.39, 0.29) is 11.9 Å². The number of methoxy groups -OCH3 is 1. The Hall–Kier alpha value is -3.32. The van der Waals surface area contributed by atoms with E-state index < -0.39 is 0 Å². The Labute approximate surface area is 189 Å². The number of carbonyl (C=O) groups excluding carboxylic acids is 1. The molecule has 1 aliphatic rings. The van der Waals surface area contributed by atoms with Gasteiger partial charge in [0.2, 0.25) is 0 Å². The van der Waals surface area contributed by atoms with E-state index in [0.29, 0.717) is 5.56 Å². The van der Waals surface area contributed by atoms with Crippen LogP contribution in [-0.4, -0.2) is 67.4 Å². The molecule has 2 heterocycles. The molecule has 0 aliphatic carbocycles. The summed E-state index contributed by atoms with van der Waals surface area (Å²) >= 11 is 0. The standard InChI is InChI=1S/C25H31N5O2/c1-17(2)26-25(31)19-7-5-6-18(14-19)22-16-23(28-27-22)21-9-8-20(15-24(21)32-4)30-12-10-29(3)11-13-30/h5-9,14-17H,10-13H2,1-4H3,(H,26,31)(H,27,28). The first kappa shape index (κ1) is 21.9. The number of nitrogens with one attached hydrogen (secondary N) is 2. The monoisotopic (exact) mass is 433 g/mol. The van der Waals surface area contributed by atoms with E-state index in [9.17, 15) is 4.79 Å². The van der Waals surface area contributed by atoms with E-state index in [1.807, 2.05) is 44.2 Å². The molecule has 0 saturated carbocycles. The van der Waals surface area contributed by atoms with Gasteiger partial charge in [-0.1, -0.05) is 12.1 Å². The molecular formula is C25H31N5O2. The molecule has 0 radical (unpaired) electrons. The Morgan fingerprint density at radius 2 is 1.88 bits per heavy atom. The minimum absolute atomic E-state index is 0.0845. The number of amides is 1. The Balaban J connectivity index is 1.58. The van der Waals surface area contributed by atoms with Crippen molar-refractivity contribution in [2.45, 2.75) is 19.9 Å². The van der Waals surface area contributed by atoms with Crippen LogP contribution in [0.15, 0.2) is 48.5 Å². The molecule has 3 aromatic rings. The zero-order chi connectivity index (χ0) is 22.7. The summed E-state index contributed by atoms with van der Waals surface area (Å²) in [5, 5.41) is 10.6. The van der Waals surface area contributed by atoms with E-state index in [0.717, 1.165) is 54.4 Å². The highest BCUT2D eigenvalue weighted by Gasteiger charge is 2.17. The number of ether oxygens (including phenoxy) is 1. The van der Waals surface area contributed by atoms with E-state index in [1.54, 1.807) is 7.11 Å². The predicted molar refractivity (Wildman–Crippen MR) is 128 cm³/mol. The van der Waals surface area contributed by atoms with Crippen molar-refractivity contribution in [2.24, 2.45) is 0 Å². The second-order valence-electron chi connectivity index (χ2n) is 8.55. The van der Waals surface area contributed by atoms with Crippen LogP contribution in [0.3, 0.4) is 0 Å². The molecule has 1 aromatic heterocycles. The van der Waals surface area contributed by atoms with Crippen molar-refractivity contribution in [3.63, 3.8) is 0 Å². The van der Waals surface area contributed by atoms with Crippen molar-refractivity contribution in [2.75, 3.05) is 45.2 Å². The zero-order valence-corrected chi connectivity index (χ0v) is 19.2. The number of rotatable bonds is 6. The molecule has 1 aliphatic heterocycles. The second kappa shape index (κ2) is 9.44. The lowest BCUT2D eigenvalue weighted by molar-refractivity contribution is 0.0943. The van der Waals surface area contributed by atoms with Crippen LogP contribution in [0.4, 0.5) is 5.69 Å². The summed E-state index contributed by atoms with van der Waals surface area (Å²) < 4.78 is 5.72. The fourth-order valence-corrected chi connectivity index (χ4v) is 3.94. The Morgan fingerprint density at radius 3 is 2.59 bits per heavy atom. The maximum atomic E-state index is 12.4. The quantitative estimate of drug-likeness (QED) is 0.621. The smallest absolute Gasteiger partial charge is 0.251 e. The van der Waals surface area contributed by atoms with Gasteiger partial charge < -0.3 is 19.9 Å². The number of aromatic amines is 1. The molecule has 2 N–H and O–H groups in total. The molecule has 2 aromatic carbocycles. The van der Waals surface area contributed by atoms with Crippen LogP contribution in [0.25, 0.3) is 22.5 Å². The molecule has 0 bridgehead atoms. The molecular weight excluding hydrogens is 402 g/mol. The second-order valence-corrected chi connectivity index (χ2v) is 8.55. The number of H-pyrrole nitrogens is 1. The van der Waals surface area contributed by atoms with Gasteiger partial charge in [0.15, 0.2) is 0 Å². The molecule has 1 saturated heterocycles. The minimum atomic E-state index is -0.0845. The lowest BCUT2D eigenvalue weighted by Gasteiger charge is -2.34. The lowest BCUT2D eigenvalue weighted by Crippen LogP contribution is -2.44. The fraction of sp³-hybridized carbons (Fsp3) is 0.360. The van der Waals surface area contributed by atoms with E-state index >= 15 is 0 Å². The third-order valence-corrected chi connectivity index (χ3v) is 5.76. The van der Waals surface area contributed by atoms with Crippen LogP contribution in [0.1, 0.15) is 24.2 Å². The van der Waals surface area contributed by atoms with Crippen molar-refractivity contribution in [1.29, 1.82) is 0 Å². The van der Waals surface area contributed by atoms with Crippen molar-refractivity contribution >= 4 is 11.6 Å². The average molecular weight is 434 g/mol. The molecule has 0 unspecified atom stereocenters. The summed E-state index contributed by atoms with van der Waals surface area (Å²) in [6.07, 6.45) is 0. The van der Waals surface area contributed by atoms with Gasteiger partial charge in [0.25, 0.3) is 5.91 Å². The number of piperazine rings is 1. The molecule has 7 heteroatoms. The number of hydrogen-bond acceptors (Lipinski definition) is 5. The first-order valence-electron chi connectivity index (χ1n) is 11.0. The number of hydrogen-bond donors (Lipinski definition) is 2. The number of aromatic nitrogens is 2. The number of nitrogens with zero attached hydrogens (tertiary/aromatic N) is 3. The maximum absolute atomic E-state index is 12.4. The van der Waals surface area contributed by atoms with Crippen molar-refractivity contribution < 1.29 is 9.53 Å². The van der Waals surface area contributed by atoms with Crippen molar-refractivity contribution in [1.82, 2.24) is 20.4 Å². The average Bonchev–Trinajstić information content (AvgIpc) is 3.29. The van der Waals surface area contributed by atoms with Gasteiger partial charge >= 0.3 is 0 Å². The van der Waals surface area contributed by atoms with Crippen LogP contribution in [0, 0.1) is 0 Å². The van der Waals surface area contributed by atoms with Gasteiger partial charge in [0, 0.05) is 60.7 Å². The maximum Gasteiger partial charge on any atom is 0.251 e. The summed E-state index contributed by atoms with van der Waals surface area (Å²) in [5.74, 6) is 0.723. The van der Waals surface area contributed by atoms with Gasteiger partial charge in [-0.2, -0.15) is 5.10 Å². The summed E-state index contributed by atoms with van der Waals surface area (Å²) in [6, 6.07) is 15.9. The largest absolute Gasteiger partial charge is 0.496 e. The lowest BCUT2D eigenvalue weighted by atomic mass is 10.0. The molecule has 32 heavy (non-hydrogen) atoms. The SMILES string of the molecule is COc1cc(N2CCN(C)CC2)ccc1-c1cc(-c2cccc(C(=O)NC(C)C)c2)n[nH]1. The van der Waals surface area contributed by atoms with Crippen LogP contribution in [0.5, 0.6) is 5.75 Å². The van der Waals surface area contributed by atoms with Gasteiger partial charge in [0.1, 0.15) is 5.75 Å². The van der Waals surface area contributed by atoms with Gasteiger partial charge in [-0.25, -0.2) is 0 Å². The summed E-state index contributed by atoms with van der Waals surface area (Å²) in [7, 11) is 3.85. The van der Waals surface area contributed by atoms with Gasteiger partial charge in [-0.15, -0.1) is 0 Å². The summed E-state index contributed by atoms with van der Waals surface area (Å²) in [6.45, 7) is 8.03. The third-order valence-electron chi connectivity index (χ3n) is 5.76. The molecule has 0 spiro atoms. The van der Waals surface area contributed by atoms with Gasteiger partial charge in [-0.05, 0) is 51.2 Å². The topological polar surface area (TPSA) is 73.5 Å². The molecule has 0 atom stereocenters. The molecule has 1 amide bonds. The highest BCUT2D eigenvalue weighted by atomic mass is 16.5. The number of carbonyl (C=O) groups is 1. The van der Waals surface area contributed by atoms with E-state index in [1.165, 1.54) is 5.69 Å². The van der Waals surface area contributed by atoms with Crippen LogP contribution in [-0.2, 0) is 0 Å². The van der Waals surface area contributed by atoms with Gasteiger partial charge in [0.05, 0.1) is 18.5 Å². The fourth-order valence-electron chi connectivity index (χ4n) is 3.94. The van der Waals surface area contributed by atoms with Crippen molar-refractivity contribution in [3.05, 3.63) is 54.1 Å². The zero-order valence-electron chi connectivity index (χ0n) is 19.2. The first-order valence-corrected chi connectivity index (χ1v) is 11.0. The summed E-state index contributed by atoms with van der Waals surface area (Å²) in [4.78, 5) is 17.1. The summed E-state index contributed by atoms with van der Waals surface area (Å²) in [5.41, 5.74) is 5.29. The highest BCUT2D eigenvalue weighted by Crippen LogP contribution is 2.34.